The molecule has 2 rings (SSSR count). The highest BCUT2D eigenvalue weighted by Gasteiger charge is 2.37. The van der Waals surface area contributed by atoms with E-state index in [1.54, 1.807) is 6.07 Å². The van der Waals surface area contributed by atoms with Crippen LogP contribution >= 0.6 is 27.5 Å². The summed E-state index contributed by atoms with van der Waals surface area (Å²) in [4.78, 5) is 1.48. The Morgan fingerprint density at radius 2 is 2.05 bits per heavy atom. The molecule has 0 aliphatic heterocycles. The molecule has 0 amide bonds. The second-order valence-corrected chi connectivity index (χ2v) is 6.70. The molecule has 2 nitrogen and oxygen atoms in total. The maximum absolute atomic E-state index is 12.6. The predicted molar refractivity (Wildman–Crippen MR) is 81.3 cm³/mol. The Bertz CT molecular complexity index is 492. The summed E-state index contributed by atoms with van der Waals surface area (Å²) >= 11 is 9.43. The molecule has 0 aromatic heterocycles. The topological polar surface area (TPSA) is 29.3 Å². The van der Waals surface area contributed by atoms with Crippen LogP contribution in [0.1, 0.15) is 30.9 Å². The van der Waals surface area contributed by atoms with Crippen molar-refractivity contribution in [2.24, 2.45) is 5.73 Å². The van der Waals surface area contributed by atoms with E-state index >= 15 is 0 Å². The average Bonchev–Trinajstić information content (AvgIpc) is 3.16. The average molecular weight is 386 g/mol. The van der Waals surface area contributed by atoms with Crippen molar-refractivity contribution in [1.29, 1.82) is 0 Å². The monoisotopic (exact) mass is 384 g/mol. The van der Waals surface area contributed by atoms with Gasteiger partial charge in [0.2, 0.25) is 0 Å². The number of nitrogens with zero attached hydrogens (tertiary/aromatic N) is 1. The second-order valence-electron chi connectivity index (χ2n) is 5.38. The maximum Gasteiger partial charge on any atom is 0.401 e. The Labute approximate surface area is 135 Å². The Kier molecular flexibility index (Phi) is 5.57. The minimum atomic E-state index is -4.16. The third kappa shape index (κ3) is 5.43. The van der Waals surface area contributed by atoms with Gasteiger partial charge in [0, 0.05) is 28.1 Å². The van der Waals surface area contributed by atoms with Gasteiger partial charge in [-0.15, -0.1) is 0 Å². The molecule has 2 N–H and O–H groups in total. The molecule has 1 unspecified atom stereocenters. The maximum atomic E-state index is 12.6. The molecule has 1 saturated carbocycles. The Balaban J connectivity index is 1.93. The van der Waals surface area contributed by atoms with Gasteiger partial charge in [-0.3, -0.25) is 4.90 Å². The predicted octanol–water partition coefficient (Wildman–Crippen LogP) is 4.52. The van der Waals surface area contributed by atoms with Crippen LogP contribution < -0.4 is 5.73 Å². The lowest BCUT2D eigenvalue weighted by atomic mass is 10.0. The van der Waals surface area contributed by atoms with Gasteiger partial charge in [-0.2, -0.15) is 13.2 Å². The lowest BCUT2D eigenvalue weighted by molar-refractivity contribution is -0.147. The van der Waals surface area contributed by atoms with Gasteiger partial charge in [0.25, 0.3) is 0 Å². The molecule has 7 heteroatoms. The summed E-state index contributed by atoms with van der Waals surface area (Å²) in [6.45, 7) is -0.532. The highest BCUT2D eigenvalue weighted by Crippen LogP contribution is 2.32. The summed E-state index contributed by atoms with van der Waals surface area (Å²) in [5.41, 5.74) is 6.84. The lowest BCUT2D eigenvalue weighted by Crippen LogP contribution is -2.37. The van der Waals surface area contributed by atoms with E-state index in [0.717, 1.165) is 22.9 Å². The van der Waals surface area contributed by atoms with Crippen molar-refractivity contribution in [2.45, 2.75) is 37.5 Å². The summed E-state index contributed by atoms with van der Waals surface area (Å²) < 4.78 is 38.5. The van der Waals surface area contributed by atoms with E-state index in [9.17, 15) is 13.2 Å². The van der Waals surface area contributed by atoms with Gasteiger partial charge in [0.1, 0.15) is 0 Å². The van der Waals surface area contributed by atoms with Crippen molar-refractivity contribution in [2.75, 3.05) is 13.1 Å². The van der Waals surface area contributed by atoms with Crippen molar-refractivity contribution >= 4 is 27.5 Å². The zero-order valence-electron chi connectivity index (χ0n) is 11.3. The first-order chi connectivity index (χ1) is 9.76. The van der Waals surface area contributed by atoms with E-state index in [0.29, 0.717) is 18.0 Å². The van der Waals surface area contributed by atoms with Crippen LogP contribution in [0.15, 0.2) is 22.7 Å². The minimum Gasteiger partial charge on any atom is -0.324 e. The first kappa shape index (κ1) is 17.1. The van der Waals surface area contributed by atoms with Crippen molar-refractivity contribution in [3.63, 3.8) is 0 Å². The summed E-state index contributed by atoms with van der Waals surface area (Å²) in [7, 11) is 0. The van der Waals surface area contributed by atoms with Gasteiger partial charge >= 0.3 is 6.18 Å². The molecule has 0 bridgehead atoms. The minimum absolute atomic E-state index is 0.0548. The van der Waals surface area contributed by atoms with Gasteiger partial charge in [-0.25, -0.2) is 0 Å². The van der Waals surface area contributed by atoms with Crippen LogP contribution in [0.5, 0.6) is 0 Å². The van der Waals surface area contributed by atoms with E-state index in [4.69, 9.17) is 17.3 Å². The van der Waals surface area contributed by atoms with Gasteiger partial charge < -0.3 is 5.73 Å². The number of alkyl halides is 3. The molecule has 1 aliphatic rings. The lowest BCUT2D eigenvalue weighted by Gasteiger charge is -2.25. The van der Waals surface area contributed by atoms with E-state index in [-0.39, 0.29) is 12.1 Å². The zero-order valence-corrected chi connectivity index (χ0v) is 13.7. The molecule has 1 aliphatic carbocycles. The van der Waals surface area contributed by atoms with E-state index < -0.39 is 12.7 Å². The molecule has 118 valence electrons. The van der Waals surface area contributed by atoms with Crippen LogP contribution in [0.3, 0.4) is 0 Å². The van der Waals surface area contributed by atoms with Crippen LogP contribution in [0.25, 0.3) is 0 Å². The van der Waals surface area contributed by atoms with Crippen LogP contribution in [0, 0.1) is 0 Å². The summed E-state index contributed by atoms with van der Waals surface area (Å²) in [6.07, 6.45) is -2.04. The van der Waals surface area contributed by atoms with Gasteiger partial charge in [0.15, 0.2) is 0 Å². The molecule has 0 spiro atoms. The first-order valence-electron chi connectivity index (χ1n) is 6.77. The Morgan fingerprint density at radius 3 is 2.57 bits per heavy atom. The van der Waals surface area contributed by atoms with Crippen LogP contribution in [0.4, 0.5) is 13.2 Å². The van der Waals surface area contributed by atoms with E-state index in [2.05, 4.69) is 15.9 Å². The molecule has 1 atom stereocenters. The first-order valence-corrected chi connectivity index (χ1v) is 7.94. The molecule has 0 heterocycles. The third-order valence-electron chi connectivity index (χ3n) is 3.53. The summed E-state index contributed by atoms with van der Waals surface area (Å²) in [5, 5.41) is 0.533. The summed E-state index contributed by atoms with van der Waals surface area (Å²) in [5.74, 6) is 0. The van der Waals surface area contributed by atoms with Gasteiger partial charge in [-0.05, 0) is 37.0 Å². The second kappa shape index (κ2) is 6.86. The van der Waals surface area contributed by atoms with Gasteiger partial charge in [0.05, 0.1) is 6.54 Å². The fourth-order valence-corrected chi connectivity index (χ4v) is 3.14. The standard InChI is InChI=1S/C14H17BrClF3N2/c15-9-1-4-11(12(16)7-9)13(20)5-6-21(10-2-3-10)8-14(17,18)19/h1,4,7,10,13H,2-3,5-6,8,20H2. The van der Waals surface area contributed by atoms with Crippen LogP contribution in [-0.2, 0) is 0 Å². The van der Waals surface area contributed by atoms with E-state index in [1.165, 1.54) is 4.90 Å². The molecular weight excluding hydrogens is 369 g/mol. The molecule has 1 fully saturated rings. The Morgan fingerprint density at radius 1 is 1.38 bits per heavy atom. The SMILES string of the molecule is NC(CCN(CC(F)(F)F)C1CC1)c1ccc(Br)cc1Cl. The largest absolute Gasteiger partial charge is 0.401 e. The van der Waals surface area contributed by atoms with Crippen molar-refractivity contribution < 1.29 is 13.2 Å². The number of rotatable bonds is 6. The number of nitrogens with two attached hydrogens (primary N) is 1. The number of hydrogen-bond acceptors (Lipinski definition) is 2. The number of halogens is 5. The fourth-order valence-electron chi connectivity index (χ4n) is 2.32. The zero-order chi connectivity index (χ0) is 15.6. The highest BCUT2D eigenvalue weighted by molar-refractivity contribution is 9.10. The highest BCUT2D eigenvalue weighted by atomic mass is 79.9. The van der Waals surface area contributed by atoms with Crippen molar-refractivity contribution in [1.82, 2.24) is 4.90 Å². The fraction of sp³-hybridized carbons (Fsp3) is 0.571. The van der Waals surface area contributed by atoms with Crippen molar-refractivity contribution in [3.8, 4) is 0 Å². The van der Waals surface area contributed by atoms with Crippen LogP contribution in [-0.4, -0.2) is 30.2 Å². The normalized spacial score (nSPS) is 17.3. The molecule has 0 saturated heterocycles. The molecule has 21 heavy (non-hydrogen) atoms. The molecule has 1 aromatic carbocycles. The number of hydrogen-bond donors (Lipinski definition) is 1. The Hall–Kier alpha value is -0.300. The van der Waals surface area contributed by atoms with Gasteiger partial charge in [-0.1, -0.05) is 33.6 Å². The summed E-state index contributed by atoms with van der Waals surface area (Å²) in [6, 6.07) is 5.07. The smallest absolute Gasteiger partial charge is 0.324 e. The number of benzene rings is 1. The van der Waals surface area contributed by atoms with Crippen LogP contribution in [0.2, 0.25) is 5.02 Å². The molecular formula is C14H17BrClF3N2. The van der Waals surface area contributed by atoms with Crippen molar-refractivity contribution in [3.05, 3.63) is 33.3 Å². The van der Waals surface area contributed by atoms with E-state index in [1.807, 2.05) is 12.1 Å². The molecule has 0 radical (unpaired) electrons. The molecule has 1 aromatic rings. The third-order valence-corrected chi connectivity index (χ3v) is 4.36. The quantitative estimate of drug-likeness (QED) is 0.780.